The number of amides is 1. The molecule has 14 heavy (non-hydrogen) atoms. The van der Waals surface area contributed by atoms with Gasteiger partial charge in [-0.2, -0.15) is 0 Å². The maximum atomic E-state index is 11.6. The van der Waals surface area contributed by atoms with Crippen LogP contribution in [0.15, 0.2) is 6.33 Å². The van der Waals surface area contributed by atoms with E-state index < -0.39 is 0 Å². The third kappa shape index (κ3) is 1.45. The fraction of sp³-hybridized carbons (Fsp3) is 0.556. The molecule has 1 N–H and O–H groups in total. The van der Waals surface area contributed by atoms with Gasteiger partial charge in [-0.15, -0.1) is 0 Å². The minimum absolute atomic E-state index is 0.208. The monoisotopic (exact) mass is 195 g/mol. The summed E-state index contributed by atoms with van der Waals surface area (Å²) in [6, 6.07) is 0.280. The number of carbonyl (C=O) groups excluding carboxylic acids is 1. The van der Waals surface area contributed by atoms with Crippen molar-refractivity contribution >= 4 is 5.91 Å². The molecule has 1 saturated carbocycles. The number of nitrogens with zero attached hydrogens (tertiary/aromatic N) is 2. The van der Waals surface area contributed by atoms with E-state index in [1.165, 1.54) is 6.33 Å². The Labute approximate surface area is 81.9 Å². The second-order valence-electron chi connectivity index (χ2n) is 3.73. The molecule has 1 heterocycles. The highest BCUT2D eigenvalue weighted by molar-refractivity contribution is 5.92. The van der Waals surface area contributed by atoms with Crippen LogP contribution in [0.5, 0.6) is 0 Å². The summed E-state index contributed by atoms with van der Waals surface area (Å²) in [7, 11) is 1.75. The van der Waals surface area contributed by atoms with E-state index in [4.69, 9.17) is 0 Å². The first kappa shape index (κ1) is 9.05. The van der Waals surface area contributed by atoms with Crippen LogP contribution in [0.2, 0.25) is 0 Å². The lowest BCUT2D eigenvalue weighted by atomic mass is 10.3. The molecule has 1 amide bonds. The largest absolute Gasteiger partial charge is 0.710 e. The van der Waals surface area contributed by atoms with Crippen LogP contribution < -0.4 is 10.0 Å². The van der Waals surface area contributed by atoms with Crippen molar-refractivity contribution in [1.29, 1.82) is 0 Å². The van der Waals surface area contributed by atoms with E-state index in [1.807, 2.05) is 0 Å². The van der Waals surface area contributed by atoms with E-state index in [9.17, 15) is 10.0 Å². The minimum Gasteiger partial charge on any atom is -0.710 e. The van der Waals surface area contributed by atoms with Gasteiger partial charge in [-0.3, -0.25) is 4.79 Å². The van der Waals surface area contributed by atoms with Crippen LogP contribution in [0.4, 0.5) is 0 Å². The maximum Gasteiger partial charge on any atom is 0.296 e. The van der Waals surface area contributed by atoms with Crippen LogP contribution in [0, 0.1) is 12.1 Å². The number of aromatic nitrogens is 2. The molecule has 0 radical (unpaired) electrons. The molecule has 1 aromatic rings. The van der Waals surface area contributed by atoms with Gasteiger partial charge in [0.2, 0.25) is 12.0 Å². The predicted molar refractivity (Wildman–Crippen MR) is 49.6 cm³/mol. The van der Waals surface area contributed by atoms with Gasteiger partial charge in [0, 0.05) is 13.0 Å². The van der Waals surface area contributed by atoms with Crippen LogP contribution in [0.1, 0.15) is 29.0 Å². The average Bonchev–Trinajstić information content (AvgIpc) is 2.83. The molecule has 0 saturated heterocycles. The molecule has 0 spiro atoms. The molecule has 0 atom stereocenters. The summed E-state index contributed by atoms with van der Waals surface area (Å²) in [6.07, 6.45) is 3.41. The van der Waals surface area contributed by atoms with Crippen LogP contribution in [-0.4, -0.2) is 16.5 Å². The van der Waals surface area contributed by atoms with E-state index in [1.54, 1.807) is 18.5 Å². The first-order chi connectivity index (χ1) is 6.59. The Morgan fingerprint density at radius 1 is 1.71 bits per heavy atom. The van der Waals surface area contributed by atoms with Gasteiger partial charge >= 0.3 is 0 Å². The third-order valence-electron chi connectivity index (χ3n) is 2.50. The van der Waals surface area contributed by atoms with Crippen molar-refractivity contribution in [3.63, 3.8) is 0 Å². The van der Waals surface area contributed by atoms with Crippen LogP contribution >= 0.6 is 0 Å². The number of carbonyl (C=O) groups is 1. The molecule has 1 aliphatic rings. The fourth-order valence-electron chi connectivity index (χ4n) is 1.37. The molecule has 1 aromatic heterocycles. The maximum absolute atomic E-state index is 11.6. The van der Waals surface area contributed by atoms with Crippen molar-refractivity contribution in [1.82, 2.24) is 9.88 Å². The molecule has 2 rings (SSSR count). The van der Waals surface area contributed by atoms with Crippen molar-refractivity contribution in [3.8, 4) is 0 Å². The number of nitrogens with one attached hydrogen (secondary N) is 1. The summed E-state index contributed by atoms with van der Waals surface area (Å²) >= 11 is 0. The Morgan fingerprint density at radius 3 is 2.79 bits per heavy atom. The Morgan fingerprint density at radius 2 is 2.36 bits per heavy atom. The number of aryl methyl sites for hydroxylation is 1. The lowest BCUT2D eigenvalue weighted by Gasteiger charge is -2.03. The first-order valence-corrected chi connectivity index (χ1v) is 4.65. The highest BCUT2D eigenvalue weighted by Crippen LogP contribution is 2.19. The molecule has 76 valence electrons. The van der Waals surface area contributed by atoms with Crippen LogP contribution in [0.25, 0.3) is 0 Å². The van der Waals surface area contributed by atoms with Gasteiger partial charge in [0.05, 0.1) is 7.05 Å². The van der Waals surface area contributed by atoms with Gasteiger partial charge in [-0.05, 0) is 12.8 Å². The summed E-state index contributed by atoms with van der Waals surface area (Å²) in [5.74, 6) is -0.263. The van der Waals surface area contributed by atoms with Crippen molar-refractivity contribution in [2.75, 3.05) is 0 Å². The quantitative estimate of drug-likeness (QED) is 0.527. The van der Waals surface area contributed by atoms with E-state index >= 15 is 0 Å². The topological polar surface area (TPSA) is 61.0 Å². The second kappa shape index (κ2) is 3.01. The summed E-state index contributed by atoms with van der Waals surface area (Å²) in [6.45, 7) is 1.76. The van der Waals surface area contributed by atoms with Gasteiger partial charge in [0.25, 0.3) is 5.91 Å². The summed E-state index contributed by atoms with van der Waals surface area (Å²) in [4.78, 5) is 11.6. The zero-order valence-electron chi connectivity index (χ0n) is 8.28. The zero-order chi connectivity index (χ0) is 10.3. The molecule has 0 bridgehead atoms. The Kier molecular flexibility index (Phi) is 1.94. The number of hydrogen-bond acceptors (Lipinski definition) is 2. The Bertz CT molecular complexity index is 380. The van der Waals surface area contributed by atoms with Gasteiger partial charge in [0.15, 0.2) is 5.69 Å². The van der Waals surface area contributed by atoms with Gasteiger partial charge < -0.3 is 10.5 Å². The number of rotatable bonds is 2. The van der Waals surface area contributed by atoms with E-state index in [0.29, 0.717) is 10.4 Å². The first-order valence-electron chi connectivity index (χ1n) is 4.65. The van der Waals surface area contributed by atoms with Gasteiger partial charge in [-0.1, -0.05) is 0 Å². The molecule has 0 aromatic carbocycles. The fourth-order valence-corrected chi connectivity index (χ4v) is 1.37. The van der Waals surface area contributed by atoms with E-state index in [-0.39, 0.29) is 17.6 Å². The second-order valence-corrected chi connectivity index (χ2v) is 3.73. The molecule has 0 unspecified atom stereocenters. The molecule has 1 fully saturated rings. The summed E-state index contributed by atoms with van der Waals surface area (Å²) < 4.78 is 2.27. The number of imidazole rings is 1. The molecular weight excluding hydrogens is 182 g/mol. The van der Waals surface area contributed by atoms with Crippen molar-refractivity contribution < 1.29 is 9.52 Å². The lowest BCUT2D eigenvalue weighted by Crippen LogP contribution is -2.38. The standard InChI is InChI=1S/C9H13N3O2/c1-6-8(12(14)5-11(6)2)9(13)10-7-3-4-7/h5,7H,3-4H2,1-2H3,(H,10,13). The Hall–Kier alpha value is -1.52. The SMILES string of the molecule is Cc1c(C(=O)NC2CC2)[n+]([O-])cn1C. The van der Waals surface area contributed by atoms with Crippen LogP contribution in [0.3, 0.4) is 0 Å². The molecule has 5 heteroatoms. The average molecular weight is 195 g/mol. The smallest absolute Gasteiger partial charge is 0.296 e. The lowest BCUT2D eigenvalue weighted by molar-refractivity contribution is -0.607. The normalized spacial score (nSPS) is 15.6. The molecule has 0 aliphatic heterocycles. The molecule has 5 nitrogen and oxygen atoms in total. The molecular formula is C9H13N3O2. The minimum atomic E-state index is -0.263. The van der Waals surface area contributed by atoms with Gasteiger partial charge in [-0.25, -0.2) is 9.30 Å². The summed E-state index contributed by atoms with van der Waals surface area (Å²) in [5.41, 5.74) is 0.901. The van der Waals surface area contributed by atoms with Crippen molar-refractivity contribution in [2.45, 2.75) is 25.8 Å². The van der Waals surface area contributed by atoms with Crippen molar-refractivity contribution in [2.24, 2.45) is 7.05 Å². The Balaban J connectivity index is 2.24. The van der Waals surface area contributed by atoms with Crippen molar-refractivity contribution in [3.05, 3.63) is 22.9 Å². The highest BCUT2D eigenvalue weighted by Gasteiger charge is 2.28. The summed E-state index contributed by atoms with van der Waals surface area (Å²) in [5, 5.41) is 14.1. The number of hydrogen-bond donors (Lipinski definition) is 1. The highest BCUT2D eigenvalue weighted by atomic mass is 16.5. The van der Waals surface area contributed by atoms with E-state index in [2.05, 4.69) is 5.32 Å². The third-order valence-corrected chi connectivity index (χ3v) is 2.50. The van der Waals surface area contributed by atoms with E-state index in [0.717, 1.165) is 12.8 Å². The van der Waals surface area contributed by atoms with Crippen LogP contribution in [-0.2, 0) is 7.05 Å². The van der Waals surface area contributed by atoms with Gasteiger partial charge in [0.1, 0.15) is 0 Å². The predicted octanol–water partition coefficient (Wildman–Crippen LogP) is -0.141. The molecule has 1 aliphatic carbocycles. The zero-order valence-corrected chi connectivity index (χ0v) is 8.28.